The van der Waals surface area contributed by atoms with Crippen molar-refractivity contribution in [1.82, 2.24) is 4.57 Å². The van der Waals surface area contributed by atoms with E-state index in [0.29, 0.717) is 27.0 Å². The first-order valence-corrected chi connectivity index (χ1v) is 11.3. The highest BCUT2D eigenvalue weighted by atomic mass is 35.5. The zero-order valence-corrected chi connectivity index (χ0v) is 18.0. The molecule has 0 radical (unpaired) electrons. The molecule has 0 fully saturated rings. The van der Waals surface area contributed by atoms with Gasteiger partial charge in [0.2, 0.25) is 0 Å². The molecule has 1 amide bonds. The lowest BCUT2D eigenvalue weighted by molar-refractivity contribution is 0.0998. The molecule has 0 bridgehead atoms. The van der Waals surface area contributed by atoms with Gasteiger partial charge in [0.25, 0.3) is 5.91 Å². The Morgan fingerprint density at radius 3 is 2.78 bits per heavy atom. The summed E-state index contributed by atoms with van der Waals surface area (Å²) in [5.41, 5.74) is 1.37. The van der Waals surface area contributed by atoms with Crippen LogP contribution in [-0.2, 0) is 6.54 Å². The van der Waals surface area contributed by atoms with Crippen molar-refractivity contribution in [3.05, 3.63) is 56.8 Å². The molecule has 0 atom stereocenters. The Labute approximate surface area is 175 Å². The Balaban J connectivity index is 2.10. The lowest BCUT2D eigenvalue weighted by atomic mass is 10.2. The predicted molar refractivity (Wildman–Crippen MR) is 116 cm³/mol. The van der Waals surface area contributed by atoms with Gasteiger partial charge in [-0.1, -0.05) is 34.5 Å². The van der Waals surface area contributed by atoms with Crippen molar-refractivity contribution in [2.24, 2.45) is 4.99 Å². The SMILES string of the molecule is CCOc1ccc2c(c1)sc(=NC(=O)c1ccc(Cl)cc1Cl)n2CCSC. The predicted octanol–water partition coefficient (Wildman–Crippen LogP) is 5.51. The first-order chi connectivity index (χ1) is 13.0. The third-order valence-corrected chi connectivity index (χ3v) is 6.02. The number of aryl methyl sites for hydroxylation is 1. The molecule has 0 spiro atoms. The Bertz CT molecular complexity index is 1040. The van der Waals surface area contributed by atoms with Gasteiger partial charge in [0.1, 0.15) is 5.75 Å². The summed E-state index contributed by atoms with van der Waals surface area (Å²) >= 11 is 15.3. The number of ether oxygens (including phenoxy) is 1. The second kappa shape index (κ2) is 9.15. The largest absolute Gasteiger partial charge is 0.494 e. The first-order valence-electron chi connectivity index (χ1n) is 8.32. The van der Waals surface area contributed by atoms with Crippen molar-refractivity contribution in [2.45, 2.75) is 13.5 Å². The zero-order valence-electron chi connectivity index (χ0n) is 14.9. The van der Waals surface area contributed by atoms with Crippen molar-refractivity contribution < 1.29 is 9.53 Å². The number of amides is 1. The fraction of sp³-hybridized carbons (Fsp3) is 0.263. The van der Waals surface area contributed by atoms with E-state index in [9.17, 15) is 4.79 Å². The molecule has 1 heterocycles. The maximum Gasteiger partial charge on any atom is 0.281 e. The summed E-state index contributed by atoms with van der Waals surface area (Å²) in [6.07, 6.45) is 2.05. The van der Waals surface area contributed by atoms with E-state index in [1.807, 2.05) is 25.1 Å². The van der Waals surface area contributed by atoms with Crippen molar-refractivity contribution in [1.29, 1.82) is 0 Å². The highest BCUT2D eigenvalue weighted by Gasteiger charge is 2.13. The number of thioether (sulfide) groups is 1. The molecule has 4 nitrogen and oxygen atoms in total. The number of hydrogen-bond acceptors (Lipinski definition) is 4. The van der Waals surface area contributed by atoms with Crippen molar-refractivity contribution in [3.63, 3.8) is 0 Å². The molecule has 27 heavy (non-hydrogen) atoms. The summed E-state index contributed by atoms with van der Waals surface area (Å²) in [4.78, 5) is 17.7. The van der Waals surface area contributed by atoms with Crippen LogP contribution in [0.1, 0.15) is 17.3 Å². The fourth-order valence-electron chi connectivity index (χ4n) is 2.60. The molecule has 0 aliphatic rings. The highest BCUT2D eigenvalue weighted by Crippen LogP contribution is 2.25. The van der Waals surface area contributed by atoms with Gasteiger partial charge in [-0.3, -0.25) is 4.79 Å². The van der Waals surface area contributed by atoms with Crippen LogP contribution < -0.4 is 9.54 Å². The summed E-state index contributed by atoms with van der Waals surface area (Å²) in [5.74, 6) is 1.34. The Morgan fingerprint density at radius 2 is 2.07 bits per heavy atom. The van der Waals surface area contributed by atoms with Crippen LogP contribution in [0.25, 0.3) is 10.2 Å². The number of hydrogen-bond donors (Lipinski definition) is 0. The minimum atomic E-state index is -0.383. The van der Waals surface area contributed by atoms with Gasteiger partial charge < -0.3 is 9.30 Å². The molecule has 0 saturated carbocycles. The number of rotatable bonds is 6. The van der Waals surface area contributed by atoms with Gasteiger partial charge in [-0.05, 0) is 49.6 Å². The molecule has 0 saturated heterocycles. The summed E-state index contributed by atoms with van der Waals surface area (Å²) in [7, 11) is 0. The van der Waals surface area contributed by atoms with Crippen molar-refractivity contribution >= 4 is 62.4 Å². The Morgan fingerprint density at radius 1 is 1.26 bits per heavy atom. The average molecular weight is 441 g/mol. The molecule has 1 aromatic heterocycles. The normalized spacial score (nSPS) is 11.9. The number of thiazole rings is 1. The van der Waals surface area contributed by atoms with Crippen LogP contribution in [-0.4, -0.2) is 29.1 Å². The van der Waals surface area contributed by atoms with Crippen LogP contribution >= 0.6 is 46.3 Å². The molecular weight excluding hydrogens is 423 g/mol. The van der Waals surface area contributed by atoms with Crippen LogP contribution in [0.5, 0.6) is 5.75 Å². The van der Waals surface area contributed by atoms with Gasteiger partial charge in [-0.25, -0.2) is 0 Å². The smallest absolute Gasteiger partial charge is 0.281 e. The molecule has 8 heteroatoms. The third-order valence-electron chi connectivity index (χ3n) is 3.84. The number of nitrogens with zero attached hydrogens (tertiary/aromatic N) is 2. The third kappa shape index (κ3) is 4.69. The van der Waals surface area contributed by atoms with E-state index in [2.05, 4.69) is 15.8 Å². The lowest BCUT2D eigenvalue weighted by Crippen LogP contribution is -2.18. The number of carbonyl (C=O) groups excluding carboxylic acids is 1. The van der Waals surface area contributed by atoms with Gasteiger partial charge in [-0.15, -0.1) is 0 Å². The first kappa shape index (κ1) is 20.3. The van der Waals surface area contributed by atoms with Crippen LogP contribution in [0.15, 0.2) is 41.4 Å². The molecule has 3 rings (SSSR count). The van der Waals surface area contributed by atoms with Gasteiger partial charge in [0.05, 0.1) is 27.4 Å². The number of halogens is 2. The summed E-state index contributed by atoms with van der Waals surface area (Å²) in [6.45, 7) is 3.32. The summed E-state index contributed by atoms with van der Waals surface area (Å²) in [5, 5.41) is 0.781. The topological polar surface area (TPSA) is 43.6 Å². The van der Waals surface area contributed by atoms with E-state index in [4.69, 9.17) is 27.9 Å². The van der Waals surface area contributed by atoms with Crippen LogP contribution in [0.3, 0.4) is 0 Å². The average Bonchev–Trinajstić information content (AvgIpc) is 2.96. The van der Waals surface area contributed by atoms with E-state index in [1.165, 1.54) is 11.3 Å². The molecule has 0 N–H and O–H groups in total. The standard InChI is InChI=1S/C19H18Cl2N2O2S2/c1-3-25-13-5-7-16-17(11-13)27-19(23(16)8-9-26-2)22-18(24)14-6-4-12(20)10-15(14)21/h4-7,10-11H,3,8-9H2,1-2H3. The molecular formula is C19H18Cl2N2O2S2. The Hall–Kier alpha value is -1.47. The summed E-state index contributed by atoms with van der Waals surface area (Å²) in [6, 6.07) is 10.7. The van der Waals surface area contributed by atoms with E-state index in [1.54, 1.807) is 30.0 Å². The second-order valence-electron chi connectivity index (χ2n) is 5.63. The van der Waals surface area contributed by atoms with Crippen LogP contribution in [0.4, 0.5) is 0 Å². The lowest BCUT2D eigenvalue weighted by Gasteiger charge is -2.05. The van der Waals surface area contributed by atoms with Gasteiger partial charge in [0.15, 0.2) is 4.80 Å². The fourth-order valence-corrected chi connectivity index (χ4v) is 4.54. The molecule has 0 aliphatic carbocycles. The van der Waals surface area contributed by atoms with Gasteiger partial charge in [-0.2, -0.15) is 16.8 Å². The number of benzene rings is 2. The van der Waals surface area contributed by atoms with Crippen LogP contribution in [0, 0.1) is 0 Å². The maximum absolute atomic E-state index is 12.7. The maximum atomic E-state index is 12.7. The van der Waals surface area contributed by atoms with Gasteiger partial charge in [0, 0.05) is 17.3 Å². The van der Waals surface area contributed by atoms with E-state index < -0.39 is 0 Å². The van der Waals surface area contributed by atoms with E-state index in [0.717, 1.165) is 28.3 Å². The monoisotopic (exact) mass is 440 g/mol. The Kier molecular flexibility index (Phi) is 6.87. The second-order valence-corrected chi connectivity index (χ2v) is 8.47. The van der Waals surface area contributed by atoms with Crippen molar-refractivity contribution in [3.8, 4) is 5.75 Å². The zero-order chi connectivity index (χ0) is 19.4. The minimum Gasteiger partial charge on any atom is -0.494 e. The highest BCUT2D eigenvalue weighted by molar-refractivity contribution is 7.98. The van der Waals surface area contributed by atoms with Crippen LogP contribution in [0.2, 0.25) is 10.0 Å². The molecule has 0 unspecified atom stereocenters. The number of aromatic nitrogens is 1. The minimum absolute atomic E-state index is 0.298. The quantitative estimate of drug-likeness (QED) is 0.507. The number of carbonyl (C=O) groups is 1. The summed E-state index contributed by atoms with van der Waals surface area (Å²) < 4.78 is 8.67. The molecule has 2 aromatic carbocycles. The number of fused-ring (bicyclic) bond motifs is 1. The molecule has 0 aliphatic heterocycles. The van der Waals surface area contributed by atoms with Crippen molar-refractivity contribution in [2.75, 3.05) is 18.6 Å². The van der Waals surface area contributed by atoms with E-state index in [-0.39, 0.29) is 5.91 Å². The molecule has 3 aromatic rings. The van der Waals surface area contributed by atoms with Gasteiger partial charge >= 0.3 is 0 Å². The molecule has 142 valence electrons. The van der Waals surface area contributed by atoms with E-state index >= 15 is 0 Å².